The first kappa shape index (κ1) is 22.7. The van der Waals surface area contributed by atoms with Crippen LogP contribution in [0.15, 0.2) is 97.5 Å². The molecule has 2 heterocycles. The van der Waals surface area contributed by atoms with E-state index in [0.717, 1.165) is 49.9 Å². The quantitative estimate of drug-likeness (QED) is 0.392. The highest BCUT2D eigenvalue weighted by Crippen LogP contribution is 2.26. The van der Waals surface area contributed by atoms with Gasteiger partial charge in [0.25, 0.3) is 0 Å². The van der Waals surface area contributed by atoms with E-state index >= 15 is 0 Å². The molecule has 6 heteroatoms. The van der Waals surface area contributed by atoms with Gasteiger partial charge < -0.3 is 9.64 Å². The van der Waals surface area contributed by atoms with Crippen LogP contribution in [0.5, 0.6) is 11.5 Å². The van der Waals surface area contributed by atoms with Crippen molar-refractivity contribution < 1.29 is 9.53 Å². The van der Waals surface area contributed by atoms with Gasteiger partial charge in [0.05, 0.1) is 12.1 Å². The van der Waals surface area contributed by atoms with Gasteiger partial charge in [-0.05, 0) is 41.0 Å². The van der Waals surface area contributed by atoms with Gasteiger partial charge in [-0.3, -0.25) is 19.7 Å². The molecule has 0 atom stereocenters. The predicted octanol–water partition coefficient (Wildman–Crippen LogP) is 4.82. The maximum absolute atomic E-state index is 12.5. The predicted molar refractivity (Wildman–Crippen MR) is 136 cm³/mol. The van der Waals surface area contributed by atoms with E-state index in [2.05, 4.69) is 51.3 Å². The van der Waals surface area contributed by atoms with Crippen LogP contribution in [0.1, 0.15) is 11.3 Å². The largest absolute Gasteiger partial charge is 0.457 e. The lowest BCUT2D eigenvalue weighted by atomic mass is 10.1. The second-order valence-electron chi connectivity index (χ2n) is 8.67. The molecule has 0 unspecified atom stereocenters. The zero-order chi connectivity index (χ0) is 23.9. The number of rotatable bonds is 7. The Hall–Kier alpha value is -4.03. The van der Waals surface area contributed by atoms with Crippen LogP contribution in [0.4, 0.5) is 0 Å². The molecular weight excluding hydrogens is 436 g/mol. The molecule has 35 heavy (non-hydrogen) atoms. The Bertz CT molecular complexity index is 1220. The van der Waals surface area contributed by atoms with E-state index in [1.807, 2.05) is 47.4 Å². The standard InChI is InChI=1S/C29H28N4O2/c34-29(20-26-21-30-14-15-31-26)33-18-16-32(17-19-33)22-23-6-10-27(11-7-23)35-28-12-8-25(9-13-28)24-4-2-1-3-5-24/h1-15,21H,16-20,22H2. The summed E-state index contributed by atoms with van der Waals surface area (Å²) in [5, 5.41) is 0. The molecule has 0 bridgehead atoms. The Labute approximate surface area is 205 Å². The van der Waals surface area contributed by atoms with E-state index < -0.39 is 0 Å². The summed E-state index contributed by atoms with van der Waals surface area (Å²) < 4.78 is 6.04. The maximum Gasteiger partial charge on any atom is 0.228 e. The van der Waals surface area contributed by atoms with Crippen molar-refractivity contribution in [2.45, 2.75) is 13.0 Å². The molecular formula is C29H28N4O2. The topological polar surface area (TPSA) is 58.6 Å². The molecule has 0 radical (unpaired) electrons. The first-order valence-corrected chi connectivity index (χ1v) is 11.9. The number of carbonyl (C=O) groups excluding carboxylic acids is 1. The second kappa shape index (κ2) is 10.9. The van der Waals surface area contributed by atoms with Crippen molar-refractivity contribution in [3.63, 3.8) is 0 Å². The number of carbonyl (C=O) groups is 1. The zero-order valence-electron chi connectivity index (χ0n) is 19.6. The molecule has 1 amide bonds. The van der Waals surface area contributed by atoms with Gasteiger partial charge in [0.1, 0.15) is 11.5 Å². The molecule has 4 aromatic rings. The average molecular weight is 465 g/mol. The van der Waals surface area contributed by atoms with Crippen LogP contribution in [0.25, 0.3) is 11.1 Å². The van der Waals surface area contributed by atoms with Crippen molar-refractivity contribution in [2.75, 3.05) is 26.2 Å². The number of amides is 1. The Balaban J connectivity index is 1.10. The third-order valence-electron chi connectivity index (χ3n) is 6.20. The van der Waals surface area contributed by atoms with E-state index in [0.29, 0.717) is 6.42 Å². The van der Waals surface area contributed by atoms with Gasteiger partial charge in [-0.1, -0.05) is 54.6 Å². The molecule has 176 valence electrons. The smallest absolute Gasteiger partial charge is 0.228 e. The Morgan fingerprint density at radius 3 is 2.09 bits per heavy atom. The number of benzene rings is 3. The third kappa shape index (κ3) is 6.11. The SMILES string of the molecule is O=C(Cc1cnccn1)N1CCN(Cc2ccc(Oc3ccc(-c4ccccc4)cc3)cc2)CC1. The third-order valence-corrected chi connectivity index (χ3v) is 6.20. The van der Waals surface area contributed by atoms with Gasteiger partial charge in [0, 0.05) is 51.3 Å². The number of hydrogen-bond donors (Lipinski definition) is 0. The van der Waals surface area contributed by atoms with Crippen LogP contribution in [-0.2, 0) is 17.8 Å². The molecule has 3 aromatic carbocycles. The molecule has 1 fully saturated rings. The van der Waals surface area contributed by atoms with Crippen molar-refractivity contribution >= 4 is 5.91 Å². The molecule has 1 aliphatic rings. The number of hydrogen-bond acceptors (Lipinski definition) is 5. The van der Waals surface area contributed by atoms with Crippen molar-refractivity contribution in [2.24, 2.45) is 0 Å². The number of piperazine rings is 1. The molecule has 0 spiro atoms. The molecule has 1 aromatic heterocycles. The minimum Gasteiger partial charge on any atom is -0.457 e. The summed E-state index contributed by atoms with van der Waals surface area (Å²) in [7, 11) is 0. The summed E-state index contributed by atoms with van der Waals surface area (Å²) in [5.41, 5.74) is 4.31. The lowest BCUT2D eigenvalue weighted by Gasteiger charge is -2.34. The van der Waals surface area contributed by atoms with Gasteiger partial charge in [-0.25, -0.2) is 0 Å². The van der Waals surface area contributed by atoms with E-state index in [-0.39, 0.29) is 5.91 Å². The summed E-state index contributed by atoms with van der Waals surface area (Å²) in [6.07, 6.45) is 5.21. The van der Waals surface area contributed by atoms with E-state index in [1.165, 1.54) is 16.7 Å². The van der Waals surface area contributed by atoms with Crippen LogP contribution in [-0.4, -0.2) is 51.9 Å². The summed E-state index contributed by atoms with van der Waals surface area (Å²) in [6.45, 7) is 4.05. The molecule has 1 aliphatic heterocycles. The average Bonchev–Trinajstić information content (AvgIpc) is 2.92. The first-order valence-electron chi connectivity index (χ1n) is 11.9. The molecule has 5 rings (SSSR count). The molecule has 0 aliphatic carbocycles. The van der Waals surface area contributed by atoms with Crippen LogP contribution in [0.3, 0.4) is 0 Å². The second-order valence-corrected chi connectivity index (χ2v) is 8.67. The number of nitrogens with zero attached hydrogens (tertiary/aromatic N) is 4. The normalized spacial score (nSPS) is 14.0. The lowest BCUT2D eigenvalue weighted by molar-refractivity contribution is -0.132. The van der Waals surface area contributed by atoms with E-state index in [4.69, 9.17) is 4.74 Å². The van der Waals surface area contributed by atoms with Gasteiger partial charge in [0.2, 0.25) is 5.91 Å². The molecule has 0 N–H and O–H groups in total. The zero-order valence-corrected chi connectivity index (χ0v) is 19.6. The Kier molecular flexibility index (Phi) is 7.10. The van der Waals surface area contributed by atoms with Crippen molar-refractivity contribution in [3.8, 4) is 22.6 Å². The molecule has 0 saturated carbocycles. The minimum atomic E-state index is 0.114. The molecule has 6 nitrogen and oxygen atoms in total. The van der Waals surface area contributed by atoms with Crippen LogP contribution < -0.4 is 4.74 Å². The number of ether oxygens (including phenoxy) is 1. The van der Waals surface area contributed by atoms with Gasteiger partial charge >= 0.3 is 0 Å². The first-order chi connectivity index (χ1) is 17.2. The van der Waals surface area contributed by atoms with Crippen LogP contribution >= 0.6 is 0 Å². The summed E-state index contributed by atoms with van der Waals surface area (Å²) in [5.74, 6) is 1.75. The highest BCUT2D eigenvalue weighted by Gasteiger charge is 2.21. The summed E-state index contributed by atoms with van der Waals surface area (Å²) >= 11 is 0. The maximum atomic E-state index is 12.5. The lowest BCUT2D eigenvalue weighted by Crippen LogP contribution is -2.48. The highest BCUT2D eigenvalue weighted by atomic mass is 16.5. The van der Waals surface area contributed by atoms with Crippen molar-refractivity contribution in [1.82, 2.24) is 19.8 Å². The minimum absolute atomic E-state index is 0.114. The monoisotopic (exact) mass is 464 g/mol. The molecule has 1 saturated heterocycles. The highest BCUT2D eigenvalue weighted by molar-refractivity contribution is 5.78. The van der Waals surface area contributed by atoms with Crippen molar-refractivity contribution in [3.05, 3.63) is 109 Å². The van der Waals surface area contributed by atoms with Crippen LogP contribution in [0, 0.1) is 0 Å². The van der Waals surface area contributed by atoms with Crippen molar-refractivity contribution in [1.29, 1.82) is 0 Å². The fourth-order valence-corrected chi connectivity index (χ4v) is 4.25. The fourth-order valence-electron chi connectivity index (χ4n) is 4.25. The Morgan fingerprint density at radius 1 is 0.771 bits per heavy atom. The van der Waals surface area contributed by atoms with E-state index in [9.17, 15) is 4.79 Å². The van der Waals surface area contributed by atoms with Gasteiger partial charge in [-0.15, -0.1) is 0 Å². The Morgan fingerprint density at radius 2 is 1.43 bits per heavy atom. The summed E-state index contributed by atoms with van der Waals surface area (Å²) in [4.78, 5) is 25.1. The van der Waals surface area contributed by atoms with Gasteiger partial charge in [-0.2, -0.15) is 0 Å². The fraction of sp³-hybridized carbons (Fsp3) is 0.207. The summed E-state index contributed by atoms with van der Waals surface area (Å²) in [6, 6.07) is 26.7. The van der Waals surface area contributed by atoms with Crippen LogP contribution in [0.2, 0.25) is 0 Å². The van der Waals surface area contributed by atoms with E-state index in [1.54, 1.807) is 18.6 Å². The number of aromatic nitrogens is 2. The van der Waals surface area contributed by atoms with Gasteiger partial charge in [0.15, 0.2) is 0 Å².